The molecule has 1 heterocycles. The molecule has 2 rings (SSSR count). The zero-order valence-corrected chi connectivity index (χ0v) is 11.1. The quantitative estimate of drug-likeness (QED) is 0.750. The number of carbonyl (C=O) groups is 1. The Morgan fingerprint density at radius 1 is 1.24 bits per heavy atom. The molecule has 0 aromatic rings. The maximum absolute atomic E-state index is 12.4. The van der Waals surface area contributed by atoms with Crippen molar-refractivity contribution in [2.75, 3.05) is 13.2 Å². The van der Waals surface area contributed by atoms with Crippen LogP contribution in [0.2, 0.25) is 0 Å². The summed E-state index contributed by atoms with van der Waals surface area (Å²) in [5.41, 5.74) is -0.374. The molecule has 2 aliphatic rings. The average molecular weight is 239 g/mol. The van der Waals surface area contributed by atoms with Gasteiger partial charge < -0.3 is 10.0 Å². The molecule has 1 aliphatic heterocycles. The first-order valence-corrected chi connectivity index (χ1v) is 6.99. The Hall–Kier alpha value is -0.570. The van der Waals surface area contributed by atoms with Gasteiger partial charge in [-0.3, -0.25) is 4.79 Å². The van der Waals surface area contributed by atoms with E-state index in [9.17, 15) is 9.90 Å². The third-order valence-corrected chi connectivity index (χ3v) is 4.74. The number of aliphatic hydroxyl groups excluding tert-OH is 1. The standard InChI is InChI=1S/C14H25NO2/c1-14(2)11(10-16)9-15(13(14)17)12-7-5-3-4-6-8-12/h11-12,16H,3-10H2,1-2H3/t11-/m1/s1. The molecule has 1 saturated carbocycles. The monoisotopic (exact) mass is 239 g/mol. The minimum absolute atomic E-state index is 0.109. The number of amides is 1. The number of aliphatic hydroxyl groups is 1. The van der Waals surface area contributed by atoms with Crippen molar-refractivity contribution in [2.45, 2.75) is 58.4 Å². The molecule has 1 saturated heterocycles. The number of nitrogens with zero attached hydrogens (tertiary/aromatic N) is 1. The zero-order chi connectivity index (χ0) is 12.5. The van der Waals surface area contributed by atoms with Crippen LogP contribution in [0.4, 0.5) is 0 Å². The normalized spacial score (nSPS) is 30.6. The van der Waals surface area contributed by atoms with Crippen molar-refractivity contribution in [3.8, 4) is 0 Å². The van der Waals surface area contributed by atoms with E-state index in [0.717, 1.165) is 19.4 Å². The first kappa shape index (κ1) is 12.9. The Morgan fingerprint density at radius 2 is 1.82 bits per heavy atom. The molecule has 0 unspecified atom stereocenters. The highest BCUT2D eigenvalue weighted by atomic mass is 16.3. The molecule has 1 atom stereocenters. The molecule has 3 heteroatoms. The van der Waals surface area contributed by atoms with Gasteiger partial charge in [0, 0.05) is 25.1 Å². The van der Waals surface area contributed by atoms with Crippen molar-refractivity contribution >= 4 is 5.91 Å². The number of rotatable bonds is 2. The summed E-state index contributed by atoms with van der Waals surface area (Å²) in [5, 5.41) is 9.41. The third kappa shape index (κ3) is 2.35. The smallest absolute Gasteiger partial charge is 0.228 e. The highest BCUT2D eigenvalue weighted by Gasteiger charge is 2.48. The van der Waals surface area contributed by atoms with E-state index in [1.54, 1.807) is 0 Å². The van der Waals surface area contributed by atoms with Gasteiger partial charge in [0.05, 0.1) is 5.41 Å². The van der Waals surface area contributed by atoms with Gasteiger partial charge in [-0.1, -0.05) is 39.5 Å². The fraction of sp³-hybridized carbons (Fsp3) is 0.929. The lowest BCUT2D eigenvalue weighted by Crippen LogP contribution is -2.39. The van der Waals surface area contributed by atoms with Crippen molar-refractivity contribution in [3.63, 3.8) is 0 Å². The summed E-state index contributed by atoms with van der Waals surface area (Å²) in [6.45, 7) is 4.84. The van der Waals surface area contributed by atoms with Crippen LogP contribution in [0.25, 0.3) is 0 Å². The Kier molecular flexibility index (Phi) is 3.76. The second-order valence-electron chi connectivity index (χ2n) is 6.20. The van der Waals surface area contributed by atoms with Gasteiger partial charge in [0.2, 0.25) is 5.91 Å². The number of hydrogen-bond acceptors (Lipinski definition) is 2. The molecule has 1 N–H and O–H groups in total. The molecular weight excluding hydrogens is 214 g/mol. The van der Waals surface area contributed by atoms with Crippen LogP contribution in [0.3, 0.4) is 0 Å². The first-order chi connectivity index (χ1) is 8.07. The molecule has 0 radical (unpaired) electrons. The highest BCUT2D eigenvalue weighted by molar-refractivity contribution is 5.85. The van der Waals surface area contributed by atoms with Gasteiger partial charge in [0.1, 0.15) is 0 Å². The van der Waals surface area contributed by atoms with Crippen LogP contribution in [-0.2, 0) is 4.79 Å². The summed E-state index contributed by atoms with van der Waals surface area (Å²) in [6, 6.07) is 0.431. The summed E-state index contributed by atoms with van der Waals surface area (Å²) >= 11 is 0. The topological polar surface area (TPSA) is 40.5 Å². The predicted octanol–water partition coefficient (Wildman–Crippen LogP) is 2.19. The molecule has 17 heavy (non-hydrogen) atoms. The summed E-state index contributed by atoms with van der Waals surface area (Å²) in [6.07, 6.45) is 7.42. The Balaban J connectivity index is 2.09. The van der Waals surface area contributed by atoms with Gasteiger partial charge in [-0.2, -0.15) is 0 Å². The van der Waals surface area contributed by atoms with Crippen molar-refractivity contribution in [1.82, 2.24) is 4.90 Å². The predicted molar refractivity (Wildman–Crippen MR) is 67.6 cm³/mol. The molecule has 1 aliphatic carbocycles. The second kappa shape index (κ2) is 4.97. The van der Waals surface area contributed by atoms with E-state index < -0.39 is 0 Å². The molecule has 0 aromatic carbocycles. The maximum Gasteiger partial charge on any atom is 0.228 e. The lowest BCUT2D eigenvalue weighted by atomic mass is 9.82. The van der Waals surface area contributed by atoms with E-state index in [2.05, 4.69) is 4.90 Å². The van der Waals surface area contributed by atoms with Gasteiger partial charge in [-0.25, -0.2) is 0 Å². The van der Waals surface area contributed by atoms with E-state index in [4.69, 9.17) is 0 Å². The van der Waals surface area contributed by atoms with Gasteiger partial charge in [-0.15, -0.1) is 0 Å². The fourth-order valence-electron chi connectivity index (χ4n) is 3.26. The van der Waals surface area contributed by atoms with E-state index in [-0.39, 0.29) is 23.8 Å². The Morgan fingerprint density at radius 3 is 2.29 bits per heavy atom. The van der Waals surface area contributed by atoms with Gasteiger partial charge in [0.15, 0.2) is 0 Å². The molecular formula is C14H25NO2. The lowest BCUT2D eigenvalue weighted by molar-refractivity contribution is -0.137. The van der Waals surface area contributed by atoms with Crippen LogP contribution in [0.15, 0.2) is 0 Å². The van der Waals surface area contributed by atoms with Crippen molar-refractivity contribution < 1.29 is 9.90 Å². The van der Waals surface area contributed by atoms with Crippen molar-refractivity contribution in [2.24, 2.45) is 11.3 Å². The zero-order valence-electron chi connectivity index (χ0n) is 11.1. The summed E-state index contributed by atoms with van der Waals surface area (Å²) < 4.78 is 0. The maximum atomic E-state index is 12.4. The van der Waals surface area contributed by atoms with E-state index >= 15 is 0 Å². The summed E-state index contributed by atoms with van der Waals surface area (Å²) in [4.78, 5) is 14.5. The van der Waals surface area contributed by atoms with Crippen LogP contribution in [0.1, 0.15) is 52.4 Å². The molecule has 2 fully saturated rings. The summed E-state index contributed by atoms with van der Waals surface area (Å²) in [7, 11) is 0. The first-order valence-electron chi connectivity index (χ1n) is 6.99. The highest BCUT2D eigenvalue weighted by Crippen LogP contribution is 2.39. The number of carbonyl (C=O) groups excluding carboxylic acids is 1. The van der Waals surface area contributed by atoms with Crippen LogP contribution < -0.4 is 0 Å². The largest absolute Gasteiger partial charge is 0.396 e. The third-order valence-electron chi connectivity index (χ3n) is 4.74. The van der Waals surface area contributed by atoms with Crippen molar-refractivity contribution in [1.29, 1.82) is 0 Å². The lowest BCUT2D eigenvalue weighted by Gasteiger charge is -2.28. The molecule has 3 nitrogen and oxygen atoms in total. The van der Waals surface area contributed by atoms with Crippen LogP contribution >= 0.6 is 0 Å². The van der Waals surface area contributed by atoms with Crippen LogP contribution in [-0.4, -0.2) is 35.1 Å². The van der Waals surface area contributed by atoms with Gasteiger partial charge in [0.25, 0.3) is 0 Å². The molecule has 0 aromatic heterocycles. The van der Waals surface area contributed by atoms with Gasteiger partial charge in [-0.05, 0) is 12.8 Å². The number of likely N-dealkylation sites (tertiary alicyclic amines) is 1. The molecule has 1 amide bonds. The van der Waals surface area contributed by atoms with Crippen molar-refractivity contribution in [3.05, 3.63) is 0 Å². The van der Waals surface area contributed by atoms with Gasteiger partial charge >= 0.3 is 0 Å². The molecule has 98 valence electrons. The SMILES string of the molecule is CC1(C)C(=O)N(C2CCCCCC2)C[C@@H]1CO. The van der Waals surface area contributed by atoms with E-state index in [1.807, 2.05) is 13.8 Å². The summed E-state index contributed by atoms with van der Waals surface area (Å²) in [5.74, 6) is 0.363. The molecule has 0 spiro atoms. The van der Waals surface area contributed by atoms with Crippen LogP contribution in [0, 0.1) is 11.3 Å². The minimum atomic E-state index is -0.374. The minimum Gasteiger partial charge on any atom is -0.396 e. The van der Waals surface area contributed by atoms with E-state index in [1.165, 1.54) is 25.7 Å². The van der Waals surface area contributed by atoms with E-state index in [0.29, 0.717) is 6.04 Å². The number of hydrogen-bond donors (Lipinski definition) is 1. The Labute approximate surface area is 104 Å². The fourth-order valence-corrected chi connectivity index (χ4v) is 3.26. The average Bonchev–Trinajstić information content (AvgIpc) is 2.54. The van der Waals surface area contributed by atoms with Crippen LogP contribution in [0.5, 0.6) is 0 Å². The Bertz CT molecular complexity index is 280. The molecule has 0 bridgehead atoms. The second-order valence-corrected chi connectivity index (χ2v) is 6.20.